The summed E-state index contributed by atoms with van der Waals surface area (Å²) in [7, 11) is 0. The number of hydrogen-bond acceptors (Lipinski definition) is 5. The maximum absolute atomic E-state index is 10.1. The second-order valence-electron chi connectivity index (χ2n) is 4.97. The zero-order chi connectivity index (χ0) is 15.4. The van der Waals surface area contributed by atoms with Crippen LogP contribution in [0.4, 0.5) is 0 Å². The minimum atomic E-state index is -0.552. The summed E-state index contributed by atoms with van der Waals surface area (Å²) < 4.78 is 0. The number of benzene rings is 2. The molecule has 0 aromatic heterocycles. The fourth-order valence-electron chi connectivity index (χ4n) is 2.16. The van der Waals surface area contributed by atoms with Gasteiger partial charge in [-0.1, -0.05) is 30.3 Å². The molecule has 2 unspecified atom stereocenters. The molecule has 5 heteroatoms. The van der Waals surface area contributed by atoms with Crippen molar-refractivity contribution >= 4 is 0 Å². The first kappa shape index (κ1) is 15.2. The van der Waals surface area contributed by atoms with Gasteiger partial charge in [-0.05, 0) is 24.6 Å². The van der Waals surface area contributed by atoms with E-state index in [0.29, 0.717) is 12.1 Å². The maximum atomic E-state index is 10.1. The van der Waals surface area contributed by atoms with Crippen LogP contribution in [0.25, 0.3) is 0 Å². The molecule has 0 fully saturated rings. The highest BCUT2D eigenvalue weighted by atomic mass is 16.3. The Morgan fingerprint density at radius 2 is 1.62 bits per heavy atom. The van der Waals surface area contributed by atoms with Crippen LogP contribution in [-0.4, -0.2) is 33.1 Å². The summed E-state index contributed by atoms with van der Waals surface area (Å²) in [6, 6.07) is 11.8. The average molecular weight is 289 g/mol. The van der Waals surface area contributed by atoms with E-state index >= 15 is 0 Å². The van der Waals surface area contributed by atoms with Gasteiger partial charge in [-0.3, -0.25) is 0 Å². The molecular formula is C16H19NO4. The monoisotopic (exact) mass is 289 g/mol. The van der Waals surface area contributed by atoms with Crippen LogP contribution in [0.15, 0.2) is 42.5 Å². The molecule has 0 bridgehead atoms. The van der Waals surface area contributed by atoms with Gasteiger partial charge < -0.3 is 25.7 Å². The van der Waals surface area contributed by atoms with E-state index < -0.39 is 17.9 Å². The van der Waals surface area contributed by atoms with E-state index in [2.05, 4.69) is 5.32 Å². The molecule has 5 N–H and O–H groups in total. The number of nitrogens with one attached hydrogen (secondary N) is 1. The van der Waals surface area contributed by atoms with Gasteiger partial charge in [0.2, 0.25) is 5.75 Å². The topological polar surface area (TPSA) is 93.0 Å². The zero-order valence-corrected chi connectivity index (χ0v) is 11.7. The lowest BCUT2D eigenvalue weighted by atomic mass is 9.97. The van der Waals surface area contributed by atoms with Crippen LogP contribution in [0, 0.1) is 0 Å². The van der Waals surface area contributed by atoms with Crippen molar-refractivity contribution in [3.05, 3.63) is 53.6 Å². The molecular weight excluding hydrogens is 270 g/mol. The zero-order valence-electron chi connectivity index (χ0n) is 11.7. The van der Waals surface area contributed by atoms with E-state index in [4.69, 9.17) is 0 Å². The first-order valence-electron chi connectivity index (χ1n) is 6.71. The number of hydrogen-bond donors (Lipinski definition) is 5. The molecule has 112 valence electrons. The van der Waals surface area contributed by atoms with Gasteiger partial charge in [0.1, 0.15) is 0 Å². The van der Waals surface area contributed by atoms with Crippen LogP contribution in [0.5, 0.6) is 17.2 Å². The van der Waals surface area contributed by atoms with Gasteiger partial charge in [0.25, 0.3) is 0 Å². The Morgan fingerprint density at radius 1 is 0.952 bits per heavy atom. The van der Waals surface area contributed by atoms with Crippen LogP contribution < -0.4 is 5.32 Å². The van der Waals surface area contributed by atoms with Crippen molar-refractivity contribution in [1.82, 2.24) is 5.32 Å². The summed E-state index contributed by atoms with van der Waals surface area (Å²) >= 11 is 0. The molecule has 2 aromatic rings. The molecule has 0 amide bonds. The Bertz CT molecular complexity index is 599. The first-order valence-corrected chi connectivity index (χ1v) is 6.71. The van der Waals surface area contributed by atoms with Gasteiger partial charge in [0.05, 0.1) is 12.1 Å². The molecule has 0 heterocycles. The van der Waals surface area contributed by atoms with Gasteiger partial charge in [0.15, 0.2) is 11.5 Å². The van der Waals surface area contributed by atoms with Gasteiger partial charge >= 0.3 is 0 Å². The normalized spacial score (nSPS) is 13.8. The van der Waals surface area contributed by atoms with Crippen LogP contribution in [0.3, 0.4) is 0 Å². The van der Waals surface area contributed by atoms with Gasteiger partial charge in [0, 0.05) is 12.1 Å². The summed E-state index contributed by atoms with van der Waals surface area (Å²) in [4.78, 5) is 0. The molecule has 0 saturated heterocycles. The Morgan fingerprint density at radius 3 is 2.24 bits per heavy atom. The van der Waals surface area contributed by atoms with Crippen molar-refractivity contribution in [1.29, 1.82) is 0 Å². The summed E-state index contributed by atoms with van der Waals surface area (Å²) in [5.41, 5.74) is 1.30. The summed E-state index contributed by atoms with van der Waals surface area (Å²) in [5.74, 6) is -1.30. The Kier molecular flexibility index (Phi) is 4.67. The molecule has 21 heavy (non-hydrogen) atoms. The highest BCUT2D eigenvalue weighted by Gasteiger charge is 2.21. The Labute approximate surface area is 123 Å². The third kappa shape index (κ3) is 3.45. The van der Waals surface area contributed by atoms with Crippen molar-refractivity contribution in [2.45, 2.75) is 19.1 Å². The number of phenolic OH excluding ortho intramolecular Hbond substituents is 3. The standard InChI is InChI=1S/C16H19NO4/c1-10(18)9-17-14(11-5-3-2-4-6-11)12-7-8-13(19)16(21)15(12)20/h2-8,10,14,17-21H,9H2,1H3. The SMILES string of the molecule is CC(O)CNC(c1ccccc1)c1ccc(O)c(O)c1O. The third-order valence-corrected chi connectivity index (χ3v) is 3.22. The second-order valence-corrected chi connectivity index (χ2v) is 4.97. The van der Waals surface area contributed by atoms with Crippen molar-refractivity contribution in [3.63, 3.8) is 0 Å². The van der Waals surface area contributed by atoms with Crippen molar-refractivity contribution in [3.8, 4) is 17.2 Å². The summed E-state index contributed by atoms with van der Waals surface area (Å²) in [5, 5.41) is 41.8. The Hall–Kier alpha value is -2.24. The lowest BCUT2D eigenvalue weighted by Gasteiger charge is -2.22. The molecule has 2 atom stereocenters. The highest BCUT2D eigenvalue weighted by Crippen LogP contribution is 2.41. The van der Waals surface area contributed by atoms with Crippen LogP contribution >= 0.6 is 0 Å². The number of phenols is 3. The van der Waals surface area contributed by atoms with Gasteiger partial charge in [-0.25, -0.2) is 0 Å². The average Bonchev–Trinajstić information content (AvgIpc) is 2.48. The molecule has 0 radical (unpaired) electrons. The fraction of sp³-hybridized carbons (Fsp3) is 0.250. The van der Waals surface area contributed by atoms with Gasteiger partial charge in [-0.2, -0.15) is 0 Å². The number of aliphatic hydroxyl groups excluding tert-OH is 1. The highest BCUT2D eigenvalue weighted by molar-refractivity contribution is 5.55. The smallest absolute Gasteiger partial charge is 0.200 e. The predicted octanol–water partition coefficient (Wildman–Crippen LogP) is 1.86. The first-order chi connectivity index (χ1) is 10.0. The maximum Gasteiger partial charge on any atom is 0.200 e. The molecule has 0 aliphatic heterocycles. The number of aliphatic hydroxyl groups is 1. The van der Waals surface area contributed by atoms with Crippen molar-refractivity contribution in [2.24, 2.45) is 0 Å². The predicted molar refractivity (Wildman–Crippen MR) is 79.4 cm³/mol. The van der Waals surface area contributed by atoms with E-state index in [0.717, 1.165) is 5.56 Å². The molecule has 0 saturated carbocycles. The Balaban J connectivity index is 2.42. The van der Waals surface area contributed by atoms with E-state index in [9.17, 15) is 20.4 Å². The quantitative estimate of drug-likeness (QED) is 0.542. The van der Waals surface area contributed by atoms with Crippen molar-refractivity contribution in [2.75, 3.05) is 6.54 Å². The second kappa shape index (κ2) is 6.47. The van der Waals surface area contributed by atoms with Crippen LogP contribution in [-0.2, 0) is 0 Å². The fourth-order valence-corrected chi connectivity index (χ4v) is 2.16. The van der Waals surface area contributed by atoms with Crippen LogP contribution in [0.1, 0.15) is 24.1 Å². The molecule has 0 spiro atoms. The van der Waals surface area contributed by atoms with Crippen LogP contribution in [0.2, 0.25) is 0 Å². The van der Waals surface area contributed by atoms with E-state index in [1.165, 1.54) is 12.1 Å². The molecule has 2 aromatic carbocycles. The van der Waals surface area contributed by atoms with E-state index in [-0.39, 0.29) is 11.5 Å². The number of rotatable bonds is 5. The van der Waals surface area contributed by atoms with E-state index in [1.54, 1.807) is 6.92 Å². The van der Waals surface area contributed by atoms with E-state index in [1.807, 2.05) is 30.3 Å². The molecule has 0 aliphatic carbocycles. The molecule has 0 aliphatic rings. The molecule has 2 rings (SSSR count). The molecule has 5 nitrogen and oxygen atoms in total. The largest absolute Gasteiger partial charge is 0.504 e. The lowest BCUT2D eigenvalue weighted by Crippen LogP contribution is -2.29. The number of aromatic hydroxyl groups is 3. The summed E-state index contributed by atoms with van der Waals surface area (Å²) in [6.45, 7) is 1.98. The summed E-state index contributed by atoms with van der Waals surface area (Å²) in [6.07, 6.45) is -0.552. The third-order valence-electron chi connectivity index (χ3n) is 3.22. The van der Waals surface area contributed by atoms with Gasteiger partial charge in [-0.15, -0.1) is 0 Å². The van der Waals surface area contributed by atoms with Crippen molar-refractivity contribution < 1.29 is 20.4 Å². The lowest BCUT2D eigenvalue weighted by molar-refractivity contribution is 0.188. The minimum absolute atomic E-state index is 0.320. The minimum Gasteiger partial charge on any atom is -0.504 e.